The number of rotatable bonds is 6. The number of benzene rings is 1. The van der Waals surface area contributed by atoms with Gasteiger partial charge in [0.1, 0.15) is 17.7 Å². The maximum atomic E-state index is 13.8. The number of likely N-dealkylation sites (tertiary alicyclic amines) is 1. The van der Waals surface area contributed by atoms with Gasteiger partial charge in [-0.05, 0) is 18.9 Å². The molecule has 1 heterocycles. The lowest BCUT2D eigenvalue weighted by molar-refractivity contribution is -0.141. The average molecular weight is 383 g/mol. The van der Waals surface area contributed by atoms with Crippen molar-refractivity contribution in [3.63, 3.8) is 0 Å². The fourth-order valence-electron chi connectivity index (χ4n) is 2.92. The van der Waals surface area contributed by atoms with Crippen molar-refractivity contribution < 1.29 is 28.3 Å². The number of carbonyl (C=O) groups excluding carboxylic acids is 2. The Morgan fingerprint density at radius 2 is 2.11 bits per heavy atom. The van der Waals surface area contributed by atoms with Gasteiger partial charge in [-0.3, -0.25) is 9.59 Å². The van der Waals surface area contributed by atoms with Crippen LogP contribution in [0.1, 0.15) is 25.3 Å². The molecule has 2 unspecified atom stereocenters. The maximum absolute atomic E-state index is 13.8. The molecule has 1 fully saturated rings. The Kier molecular flexibility index (Phi) is 6.70. The van der Waals surface area contributed by atoms with Gasteiger partial charge in [-0.15, -0.1) is 0 Å². The molecule has 0 spiro atoms. The van der Waals surface area contributed by atoms with Crippen LogP contribution < -0.4 is 5.32 Å². The molecule has 2 rings (SSSR count). The first kappa shape index (κ1) is 20.6. The minimum atomic E-state index is -1.02. The van der Waals surface area contributed by atoms with Crippen LogP contribution in [-0.2, 0) is 16.1 Å². The number of carboxylic acid groups (broad SMARTS) is 1. The standard InChI is InChI=1S/C18H23F2N3O4/c1-11(17(25)26)9-22(2)18(27)21-15-4-3-7-23(16(15)24)10-12-5-6-13(19)8-14(12)20/h5-6,8,11,15H,3-4,7,9-10H2,1-2H3,(H,21,27)(H,25,26). The highest BCUT2D eigenvalue weighted by molar-refractivity contribution is 5.87. The van der Waals surface area contributed by atoms with E-state index >= 15 is 0 Å². The molecule has 0 radical (unpaired) electrons. The van der Waals surface area contributed by atoms with E-state index in [1.54, 1.807) is 0 Å². The molecule has 9 heteroatoms. The molecule has 1 saturated heterocycles. The van der Waals surface area contributed by atoms with Gasteiger partial charge in [0.15, 0.2) is 0 Å². The Morgan fingerprint density at radius 1 is 1.41 bits per heavy atom. The quantitative estimate of drug-likeness (QED) is 0.784. The normalized spacial score (nSPS) is 18.1. The van der Waals surface area contributed by atoms with Crippen LogP contribution in [0.4, 0.5) is 13.6 Å². The van der Waals surface area contributed by atoms with Gasteiger partial charge in [-0.2, -0.15) is 0 Å². The van der Waals surface area contributed by atoms with Gasteiger partial charge in [-0.1, -0.05) is 13.0 Å². The molecule has 0 aliphatic carbocycles. The van der Waals surface area contributed by atoms with Crippen molar-refractivity contribution in [1.29, 1.82) is 0 Å². The summed E-state index contributed by atoms with van der Waals surface area (Å²) in [5.74, 6) is -3.52. The highest BCUT2D eigenvalue weighted by atomic mass is 19.1. The van der Waals surface area contributed by atoms with Gasteiger partial charge in [-0.25, -0.2) is 13.6 Å². The zero-order valence-corrected chi connectivity index (χ0v) is 15.2. The first-order valence-electron chi connectivity index (χ1n) is 8.66. The molecule has 27 heavy (non-hydrogen) atoms. The lowest BCUT2D eigenvalue weighted by Gasteiger charge is -2.33. The second kappa shape index (κ2) is 8.79. The monoisotopic (exact) mass is 383 g/mol. The third-order valence-electron chi connectivity index (χ3n) is 4.52. The third kappa shape index (κ3) is 5.38. The summed E-state index contributed by atoms with van der Waals surface area (Å²) in [6, 6.07) is 1.88. The van der Waals surface area contributed by atoms with E-state index in [4.69, 9.17) is 5.11 Å². The van der Waals surface area contributed by atoms with Crippen LogP contribution in [-0.4, -0.2) is 59.0 Å². The number of halogens is 2. The van der Waals surface area contributed by atoms with E-state index < -0.39 is 35.6 Å². The van der Waals surface area contributed by atoms with Crippen molar-refractivity contribution in [1.82, 2.24) is 15.1 Å². The van der Waals surface area contributed by atoms with Gasteiger partial charge >= 0.3 is 12.0 Å². The van der Waals surface area contributed by atoms with E-state index in [0.29, 0.717) is 19.4 Å². The Balaban J connectivity index is 1.97. The summed E-state index contributed by atoms with van der Waals surface area (Å²) in [6.45, 7) is 1.89. The van der Waals surface area contributed by atoms with Crippen molar-refractivity contribution in [2.75, 3.05) is 20.1 Å². The predicted molar refractivity (Wildman–Crippen MR) is 92.8 cm³/mol. The molecule has 1 aliphatic heterocycles. The molecule has 1 aromatic carbocycles. The number of aliphatic carboxylic acids is 1. The highest BCUT2D eigenvalue weighted by Gasteiger charge is 2.31. The van der Waals surface area contributed by atoms with E-state index in [9.17, 15) is 23.2 Å². The van der Waals surface area contributed by atoms with E-state index in [1.165, 1.54) is 29.8 Å². The number of carboxylic acids is 1. The number of nitrogens with one attached hydrogen (secondary N) is 1. The lowest BCUT2D eigenvalue weighted by atomic mass is 10.0. The Bertz CT molecular complexity index is 729. The van der Waals surface area contributed by atoms with Crippen molar-refractivity contribution >= 4 is 17.9 Å². The molecule has 0 saturated carbocycles. The van der Waals surface area contributed by atoms with Crippen LogP contribution in [0.2, 0.25) is 0 Å². The number of hydrogen-bond donors (Lipinski definition) is 2. The van der Waals surface area contributed by atoms with Crippen LogP contribution in [0.5, 0.6) is 0 Å². The average Bonchev–Trinajstić information content (AvgIpc) is 2.60. The van der Waals surface area contributed by atoms with Crippen LogP contribution in [0, 0.1) is 17.6 Å². The van der Waals surface area contributed by atoms with Crippen LogP contribution in [0.25, 0.3) is 0 Å². The van der Waals surface area contributed by atoms with Gasteiger partial charge in [0, 0.05) is 38.3 Å². The summed E-state index contributed by atoms with van der Waals surface area (Å²) in [5.41, 5.74) is 0.198. The van der Waals surface area contributed by atoms with E-state index in [0.717, 1.165) is 12.1 Å². The van der Waals surface area contributed by atoms with Gasteiger partial charge in [0.05, 0.1) is 5.92 Å². The maximum Gasteiger partial charge on any atom is 0.317 e. The fourth-order valence-corrected chi connectivity index (χ4v) is 2.92. The largest absolute Gasteiger partial charge is 0.481 e. The summed E-state index contributed by atoms with van der Waals surface area (Å²) in [6.07, 6.45) is 1.06. The highest BCUT2D eigenvalue weighted by Crippen LogP contribution is 2.18. The molecule has 0 bridgehead atoms. The zero-order chi connectivity index (χ0) is 20.1. The molecule has 3 amide bonds. The number of amides is 3. The van der Waals surface area contributed by atoms with Gasteiger partial charge < -0.3 is 20.2 Å². The molecular formula is C18H23F2N3O4. The van der Waals surface area contributed by atoms with Gasteiger partial charge in [0.25, 0.3) is 0 Å². The zero-order valence-electron chi connectivity index (χ0n) is 15.2. The number of carbonyl (C=O) groups is 3. The molecule has 148 valence electrons. The Morgan fingerprint density at radius 3 is 2.74 bits per heavy atom. The van der Waals surface area contributed by atoms with Crippen molar-refractivity contribution in [3.05, 3.63) is 35.4 Å². The second-order valence-electron chi connectivity index (χ2n) is 6.76. The fraction of sp³-hybridized carbons (Fsp3) is 0.500. The number of hydrogen-bond acceptors (Lipinski definition) is 3. The van der Waals surface area contributed by atoms with Crippen LogP contribution in [0.15, 0.2) is 18.2 Å². The topological polar surface area (TPSA) is 90.0 Å². The number of piperidine rings is 1. The van der Waals surface area contributed by atoms with Crippen molar-refractivity contribution in [2.45, 2.75) is 32.4 Å². The summed E-state index contributed by atoms with van der Waals surface area (Å²) in [7, 11) is 1.45. The van der Waals surface area contributed by atoms with E-state index in [-0.39, 0.29) is 24.6 Å². The van der Waals surface area contributed by atoms with Gasteiger partial charge in [0.2, 0.25) is 5.91 Å². The summed E-state index contributed by atoms with van der Waals surface area (Å²) in [4.78, 5) is 38.3. The summed E-state index contributed by atoms with van der Waals surface area (Å²) >= 11 is 0. The minimum absolute atomic E-state index is 0.00653. The third-order valence-corrected chi connectivity index (χ3v) is 4.52. The Hall–Kier alpha value is -2.71. The molecule has 2 atom stereocenters. The Labute approximate surface area is 155 Å². The van der Waals surface area contributed by atoms with Crippen LogP contribution >= 0.6 is 0 Å². The molecule has 7 nitrogen and oxygen atoms in total. The molecule has 1 aromatic rings. The minimum Gasteiger partial charge on any atom is -0.481 e. The molecular weight excluding hydrogens is 360 g/mol. The number of urea groups is 1. The SMILES string of the molecule is CC(CN(C)C(=O)NC1CCCN(Cc2ccc(F)cc2F)C1=O)C(=O)O. The van der Waals surface area contributed by atoms with E-state index in [1.807, 2.05) is 0 Å². The summed E-state index contributed by atoms with van der Waals surface area (Å²) in [5, 5.41) is 11.5. The lowest BCUT2D eigenvalue weighted by Crippen LogP contribution is -2.54. The summed E-state index contributed by atoms with van der Waals surface area (Å²) < 4.78 is 26.8. The molecule has 0 aromatic heterocycles. The first-order chi connectivity index (χ1) is 12.7. The van der Waals surface area contributed by atoms with Crippen molar-refractivity contribution in [3.8, 4) is 0 Å². The predicted octanol–water partition coefficient (Wildman–Crippen LogP) is 1.82. The first-order valence-corrected chi connectivity index (χ1v) is 8.66. The van der Waals surface area contributed by atoms with Crippen molar-refractivity contribution in [2.24, 2.45) is 5.92 Å². The second-order valence-corrected chi connectivity index (χ2v) is 6.76. The van der Waals surface area contributed by atoms with Crippen LogP contribution in [0.3, 0.4) is 0 Å². The van der Waals surface area contributed by atoms with E-state index in [2.05, 4.69) is 5.32 Å². The number of nitrogens with zero attached hydrogens (tertiary/aromatic N) is 2. The molecule has 1 aliphatic rings. The smallest absolute Gasteiger partial charge is 0.317 e. The molecule has 2 N–H and O–H groups in total.